The lowest BCUT2D eigenvalue weighted by molar-refractivity contribution is 0.353. The van der Waals surface area contributed by atoms with Gasteiger partial charge in [-0.25, -0.2) is 9.97 Å². The molecular formula is C59H43N3. The first-order chi connectivity index (χ1) is 30.6. The minimum Gasteiger partial charge on any atom is -0.228 e. The van der Waals surface area contributed by atoms with Gasteiger partial charge in [0.1, 0.15) is 0 Å². The van der Waals surface area contributed by atoms with Gasteiger partial charge in [0, 0.05) is 22.1 Å². The Labute approximate surface area is 363 Å². The molecule has 9 aromatic rings. The fourth-order valence-corrected chi connectivity index (χ4v) is 10.0. The second-order valence-electron chi connectivity index (χ2n) is 16.8. The molecule has 0 radical (unpaired) electrons. The lowest BCUT2D eigenvalue weighted by Gasteiger charge is -2.36. The molecular weight excluding hydrogens is 751 g/mol. The molecule has 11 rings (SSSR count). The summed E-state index contributed by atoms with van der Waals surface area (Å²) < 4.78 is 0. The van der Waals surface area contributed by atoms with Crippen LogP contribution in [0.3, 0.4) is 0 Å². The van der Waals surface area contributed by atoms with Crippen molar-refractivity contribution in [2.24, 2.45) is 0 Å². The van der Waals surface area contributed by atoms with Crippen molar-refractivity contribution >= 4 is 0 Å². The van der Waals surface area contributed by atoms with Gasteiger partial charge >= 0.3 is 0 Å². The van der Waals surface area contributed by atoms with Crippen molar-refractivity contribution in [3.05, 3.63) is 217 Å². The minimum absolute atomic E-state index is 0.0459. The number of nitriles is 1. The SMILES string of the molecule is N#Cc1ccc2c(c1)-c1c(-c3ccc(-c4cccc(-c5ccc(-c6cc(-c7ccc(-c8ccccc8)cc7)nc(-c7ccccc7)n6)cc5)c4)cc3)cccc1C21CCCCC1. The molecule has 3 heteroatoms. The number of benzene rings is 8. The third-order valence-corrected chi connectivity index (χ3v) is 13.2. The van der Waals surface area contributed by atoms with Crippen LogP contribution in [0.25, 0.3) is 89.5 Å². The van der Waals surface area contributed by atoms with Gasteiger partial charge in [0.15, 0.2) is 5.82 Å². The Hall–Kier alpha value is -7.67. The molecule has 1 spiro atoms. The number of nitrogens with zero attached hydrogens (tertiary/aromatic N) is 3. The number of hydrogen-bond donors (Lipinski definition) is 0. The van der Waals surface area contributed by atoms with E-state index in [1.54, 1.807) is 0 Å². The van der Waals surface area contributed by atoms with E-state index in [1.807, 2.05) is 30.3 Å². The Kier molecular flexibility index (Phi) is 9.48. The molecule has 0 N–H and O–H groups in total. The van der Waals surface area contributed by atoms with Crippen LogP contribution in [0.15, 0.2) is 200 Å². The molecule has 294 valence electrons. The molecule has 0 atom stereocenters. The second kappa shape index (κ2) is 15.7. The van der Waals surface area contributed by atoms with E-state index in [4.69, 9.17) is 9.97 Å². The smallest absolute Gasteiger partial charge is 0.160 e. The van der Waals surface area contributed by atoms with Crippen molar-refractivity contribution in [1.82, 2.24) is 9.97 Å². The largest absolute Gasteiger partial charge is 0.228 e. The predicted molar refractivity (Wildman–Crippen MR) is 254 cm³/mol. The fourth-order valence-electron chi connectivity index (χ4n) is 10.0. The average Bonchev–Trinajstić information content (AvgIpc) is 3.62. The van der Waals surface area contributed by atoms with Crippen LogP contribution in [0.2, 0.25) is 0 Å². The fraction of sp³-hybridized carbons (Fsp3) is 0.102. The van der Waals surface area contributed by atoms with Gasteiger partial charge in [-0.3, -0.25) is 0 Å². The highest BCUT2D eigenvalue weighted by Crippen LogP contribution is 2.58. The Morgan fingerprint density at radius 2 is 0.871 bits per heavy atom. The number of aromatic nitrogens is 2. The zero-order valence-corrected chi connectivity index (χ0v) is 34.4. The summed E-state index contributed by atoms with van der Waals surface area (Å²) in [7, 11) is 0. The van der Waals surface area contributed by atoms with Gasteiger partial charge in [0.2, 0.25) is 0 Å². The van der Waals surface area contributed by atoms with Crippen LogP contribution in [0, 0.1) is 11.3 Å². The summed E-state index contributed by atoms with van der Waals surface area (Å²) >= 11 is 0. The van der Waals surface area contributed by atoms with Crippen LogP contribution < -0.4 is 0 Å². The molecule has 0 saturated heterocycles. The Morgan fingerprint density at radius 1 is 0.371 bits per heavy atom. The molecule has 8 aromatic carbocycles. The molecule has 2 aliphatic carbocycles. The van der Waals surface area contributed by atoms with E-state index >= 15 is 0 Å². The van der Waals surface area contributed by atoms with E-state index in [1.165, 1.54) is 87.7 Å². The van der Waals surface area contributed by atoms with Crippen molar-refractivity contribution in [3.63, 3.8) is 0 Å². The van der Waals surface area contributed by atoms with E-state index < -0.39 is 0 Å². The average molecular weight is 794 g/mol. The molecule has 0 unspecified atom stereocenters. The normalized spacial score (nSPS) is 13.6. The molecule has 62 heavy (non-hydrogen) atoms. The van der Waals surface area contributed by atoms with E-state index in [0.29, 0.717) is 5.82 Å². The lowest BCUT2D eigenvalue weighted by atomic mass is 9.67. The first-order valence-corrected chi connectivity index (χ1v) is 21.7. The highest BCUT2D eigenvalue weighted by atomic mass is 14.9. The summed E-state index contributed by atoms with van der Waals surface area (Å²) in [5.74, 6) is 0.704. The quantitative estimate of drug-likeness (QED) is 0.161. The summed E-state index contributed by atoms with van der Waals surface area (Å²) in [6, 6.07) is 73.6. The maximum absolute atomic E-state index is 9.86. The lowest BCUT2D eigenvalue weighted by Crippen LogP contribution is -2.28. The van der Waals surface area contributed by atoms with E-state index in [-0.39, 0.29) is 5.41 Å². The Morgan fingerprint density at radius 3 is 1.47 bits per heavy atom. The van der Waals surface area contributed by atoms with Crippen LogP contribution in [0.1, 0.15) is 48.8 Å². The maximum Gasteiger partial charge on any atom is 0.160 e. The van der Waals surface area contributed by atoms with Gasteiger partial charge in [-0.1, -0.05) is 195 Å². The molecule has 1 saturated carbocycles. The summed E-state index contributed by atoms with van der Waals surface area (Å²) in [4.78, 5) is 10.1. The van der Waals surface area contributed by atoms with Crippen molar-refractivity contribution in [1.29, 1.82) is 5.26 Å². The topological polar surface area (TPSA) is 49.6 Å². The van der Waals surface area contributed by atoms with Gasteiger partial charge < -0.3 is 0 Å². The third kappa shape index (κ3) is 6.71. The van der Waals surface area contributed by atoms with Crippen molar-refractivity contribution in [3.8, 4) is 95.6 Å². The van der Waals surface area contributed by atoms with Gasteiger partial charge in [0.25, 0.3) is 0 Å². The van der Waals surface area contributed by atoms with Crippen LogP contribution >= 0.6 is 0 Å². The van der Waals surface area contributed by atoms with Crippen LogP contribution in [-0.2, 0) is 5.41 Å². The standard InChI is InChI=1S/C59H43N3/c60-39-40-20-33-53-52(36-40)57-51(18-11-19-54(57)59(53)34-8-3-9-35-59)45-27-21-43(22-28-45)49-16-10-17-50(37-49)44-25-31-47(32-26-44)56-38-55(61-58(62-56)48-14-6-2-7-15-48)46-29-23-42(24-30-46)41-12-4-1-5-13-41/h1-2,4-7,10-33,36-38H,3,8-9,34-35H2. The van der Waals surface area contributed by atoms with Crippen LogP contribution in [0.4, 0.5) is 0 Å². The molecule has 2 aliphatic rings. The third-order valence-electron chi connectivity index (χ3n) is 13.2. The van der Waals surface area contributed by atoms with Gasteiger partial charge in [-0.15, -0.1) is 0 Å². The molecule has 1 aromatic heterocycles. The highest BCUT2D eigenvalue weighted by Gasteiger charge is 2.44. The minimum atomic E-state index is 0.0459. The summed E-state index contributed by atoms with van der Waals surface area (Å²) in [6.45, 7) is 0. The molecule has 1 heterocycles. The summed E-state index contributed by atoms with van der Waals surface area (Å²) in [5.41, 5.74) is 20.5. The summed E-state index contributed by atoms with van der Waals surface area (Å²) in [5, 5.41) is 9.86. The number of rotatable bonds is 7. The molecule has 0 aliphatic heterocycles. The Balaban J connectivity index is 0.887. The first-order valence-electron chi connectivity index (χ1n) is 21.7. The first kappa shape index (κ1) is 37.3. The highest BCUT2D eigenvalue weighted by molar-refractivity contribution is 5.93. The second-order valence-corrected chi connectivity index (χ2v) is 16.8. The molecule has 0 amide bonds. The van der Waals surface area contributed by atoms with E-state index in [0.717, 1.165) is 44.8 Å². The molecule has 3 nitrogen and oxygen atoms in total. The van der Waals surface area contributed by atoms with Gasteiger partial charge in [0.05, 0.1) is 23.0 Å². The predicted octanol–water partition coefficient (Wildman–Crippen LogP) is 15.2. The van der Waals surface area contributed by atoms with Crippen molar-refractivity contribution in [2.75, 3.05) is 0 Å². The van der Waals surface area contributed by atoms with E-state index in [2.05, 4.69) is 176 Å². The number of hydrogen-bond acceptors (Lipinski definition) is 3. The zero-order valence-electron chi connectivity index (χ0n) is 34.4. The number of fused-ring (bicyclic) bond motifs is 5. The van der Waals surface area contributed by atoms with Crippen LogP contribution in [-0.4, -0.2) is 9.97 Å². The Bertz CT molecular complexity index is 3120. The molecule has 0 bridgehead atoms. The van der Waals surface area contributed by atoms with Crippen molar-refractivity contribution in [2.45, 2.75) is 37.5 Å². The van der Waals surface area contributed by atoms with E-state index in [9.17, 15) is 5.26 Å². The molecule has 1 fully saturated rings. The van der Waals surface area contributed by atoms with Crippen LogP contribution in [0.5, 0.6) is 0 Å². The van der Waals surface area contributed by atoms with Gasteiger partial charge in [-0.05, 0) is 104 Å². The monoisotopic (exact) mass is 793 g/mol. The van der Waals surface area contributed by atoms with Gasteiger partial charge in [-0.2, -0.15) is 5.26 Å². The van der Waals surface area contributed by atoms with Crippen molar-refractivity contribution < 1.29 is 0 Å². The zero-order chi connectivity index (χ0) is 41.5. The maximum atomic E-state index is 9.86. The summed E-state index contributed by atoms with van der Waals surface area (Å²) in [6.07, 6.45) is 6.11.